The van der Waals surface area contributed by atoms with E-state index in [0.717, 1.165) is 20.2 Å². The largest absolute Gasteiger partial charge is 0.339 e. The highest BCUT2D eigenvalue weighted by Gasteiger charge is 2.45. The SMILES string of the molecule is Cc1ccsc1CN(C)C(=O)CN1C(=O)C(=O)N(CC(C)C)C1=O. The highest BCUT2D eigenvalue weighted by atomic mass is 32.1. The van der Waals surface area contributed by atoms with E-state index in [1.807, 2.05) is 32.2 Å². The highest BCUT2D eigenvalue weighted by Crippen LogP contribution is 2.18. The molecule has 1 aliphatic heterocycles. The number of imide groups is 2. The average Bonchev–Trinajstić information content (AvgIpc) is 2.99. The first kappa shape index (κ1) is 18.1. The Balaban J connectivity index is 2.03. The zero-order chi connectivity index (χ0) is 18.0. The molecule has 0 bridgehead atoms. The third-order valence-corrected chi connectivity index (χ3v) is 4.76. The fraction of sp³-hybridized carbons (Fsp3) is 0.500. The fourth-order valence-corrected chi connectivity index (χ4v) is 3.30. The zero-order valence-electron chi connectivity index (χ0n) is 14.2. The van der Waals surface area contributed by atoms with Gasteiger partial charge in [0.15, 0.2) is 0 Å². The molecule has 0 atom stereocenters. The molecule has 0 spiro atoms. The van der Waals surface area contributed by atoms with Gasteiger partial charge in [-0.1, -0.05) is 13.8 Å². The molecule has 130 valence electrons. The average molecular weight is 351 g/mol. The van der Waals surface area contributed by atoms with Crippen LogP contribution in [0.3, 0.4) is 0 Å². The summed E-state index contributed by atoms with van der Waals surface area (Å²) in [6.45, 7) is 5.80. The molecule has 0 aliphatic carbocycles. The first-order chi connectivity index (χ1) is 11.2. The van der Waals surface area contributed by atoms with Crippen molar-refractivity contribution in [3.8, 4) is 0 Å². The van der Waals surface area contributed by atoms with Gasteiger partial charge in [-0.3, -0.25) is 19.3 Å². The molecule has 2 rings (SSSR count). The highest BCUT2D eigenvalue weighted by molar-refractivity contribution is 7.10. The second kappa shape index (κ2) is 7.12. The maximum Gasteiger partial charge on any atom is 0.334 e. The number of aryl methyl sites for hydroxylation is 1. The van der Waals surface area contributed by atoms with Gasteiger partial charge in [-0.2, -0.15) is 0 Å². The quantitative estimate of drug-likeness (QED) is 0.574. The number of urea groups is 1. The van der Waals surface area contributed by atoms with Crippen molar-refractivity contribution >= 4 is 35.1 Å². The minimum atomic E-state index is -0.935. The van der Waals surface area contributed by atoms with Crippen molar-refractivity contribution in [1.82, 2.24) is 14.7 Å². The first-order valence-corrected chi connectivity index (χ1v) is 8.54. The Kier molecular flexibility index (Phi) is 5.38. The summed E-state index contributed by atoms with van der Waals surface area (Å²) in [7, 11) is 1.61. The van der Waals surface area contributed by atoms with Gasteiger partial charge in [0.25, 0.3) is 0 Å². The van der Waals surface area contributed by atoms with Gasteiger partial charge in [-0.15, -0.1) is 11.3 Å². The number of thiophene rings is 1. The van der Waals surface area contributed by atoms with Crippen molar-refractivity contribution in [3.05, 3.63) is 21.9 Å². The Hall–Kier alpha value is -2.22. The first-order valence-electron chi connectivity index (χ1n) is 7.66. The molecule has 1 fully saturated rings. The van der Waals surface area contributed by atoms with E-state index in [9.17, 15) is 19.2 Å². The molecule has 1 aromatic rings. The van der Waals surface area contributed by atoms with Crippen LogP contribution in [0.15, 0.2) is 11.4 Å². The van der Waals surface area contributed by atoms with Crippen LogP contribution >= 0.6 is 11.3 Å². The molecule has 0 N–H and O–H groups in total. The van der Waals surface area contributed by atoms with Gasteiger partial charge >= 0.3 is 17.8 Å². The van der Waals surface area contributed by atoms with E-state index in [-0.39, 0.29) is 18.4 Å². The molecule has 0 saturated carbocycles. The maximum absolute atomic E-state index is 12.3. The van der Waals surface area contributed by atoms with Gasteiger partial charge in [0.2, 0.25) is 5.91 Å². The Morgan fingerprint density at radius 2 is 1.83 bits per heavy atom. The predicted molar refractivity (Wildman–Crippen MR) is 89.2 cm³/mol. The summed E-state index contributed by atoms with van der Waals surface area (Å²) >= 11 is 1.54. The molecular weight excluding hydrogens is 330 g/mol. The molecule has 5 amide bonds. The third kappa shape index (κ3) is 3.64. The van der Waals surface area contributed by atoms with E-state index in [2.05, 4.69) is 0 Å². The smallest absolute Gasteiger partial charge is 0.334 e. The van der Waals surface area contributed by atoms with E-state index in [4.69, 9.17) is 0 Å². The predicted octanol–water partition coefficient (Wildman–Crippen LogP) is 1.46. The summed E-state index contributed by atoms with van der Waals surface area (Å²) in [4.78, 5) is 52.6. The Morgan fingerprint density at radius 3 is 2.38 bits per heavy atom. The molecule has 1 aromatic heterocycles. The minimum absolute atomic E-state index is 0.0471. The van der Waals surface area contributed by atoms with Gasteiger partial charge in [0.1, 0.15) is 6.54 Å². The van der Waals surface area contributed by atoms with Crippen molar-refractivity contribution in [1.29, 1.82) is 0 Å². The lowest BCUT2D eigenvalue weighted by Crippen LogP contribution is -2.42. The third-order valence-electron chi connectivity index (χ3n) is 3.75. The van der Waals surface area contributed by atoms with Crippen LogP contribution in [0, 0.1) is 12.8 Å². The van der Waals surface area contributed by atoms with Crippen molar-refractivity contribution in [3.63, 3.8) is 0 Å². The topological polar surface area (TPSA) is 78.0 Å². The van der Waals surface area contributed by atoms with Crippen molar-refractivity contribution in [2.75, 3.05) is 20.1 Å². The van der Waals surface area contributed by atoms with E-state index in [1.165, 1.54) is 4.90 Å². The lowest BCUT2D eigenvalue weighted by atomic mass is 10.2. The lowest BCUT2D eigenvalue weighted by Gasteiger charge is -2.20. The molecule has 0 unspecified atom stereocenters. The van der Waals surface area contributed by atoms with Crippen LogP contribution in [0.25, 0.3) is 0 Å². The van der Waals surface area contributed by atoms with Gasteiger partial charge in [0.05, 0.1) is 6.54 Å². The van der Waals surface area contributed by atoms with E-state index in [1.54, 1.807) is 18.4 Å². The van der Waals surface area contributed by atoms with Crippen LogP contribution in [0.5, 0.6) is 0 Å². The lowest BCUT2D eigenvalue weighted by molar-refractivity contribution is -0.144. The fourth-order valence-electron chi connectivity index (χ4n) is 2.34. The van der Waals surface area contributed by atoms with Crippen molar-refractivity contribution < 1.29 is 19.2 Å². The van der Waals surface area contributed by atoms with Crippen LogP contribution in [0.2, 0.25) is 0 Å². The molecule has 7 nitrogen and oxygen atoms in total. The number of hydrogen-bond acceptors (Lipinski definition) is 5. The number of carbonyl (C=O) groups is 4. The Morgan fingerprint density at radius 1 is 1.21 bits per heavy atom. The van der Waals surface area contributed by atoms with Gasteiger partial charge in [0, 0.05) is 18.5 Å². The van der Waals surface area contributed by atoms with E-state index in [0.29, 0.717) is 6.54 Å². The summed E-state index contributed by atoms with van der Waals surface area (Å²) in [5.41, 5.74) is 1.09. The van der Waals surface area contributed by atoms with Gasteiger partial charge in [-0.05, 0) is 29.9 Å². The number of hydrogen-bond donors (Lipinski definition) is 0. The monoisotopic (exact) mass is 351 g/mol. The summed E-state index contributed by atoms with van der Waals surface area (Å²) in [5.74, 6) is -2.14. The number of rotatable bonds is 6. The van der Waals surface area contributed by atoms with Crippen LogP contribution in [-0.4, -0.2) is 58.6 Å². The normalized spacial score (nSPS) is 15.0. The van der Waals surface area contributed by atoms with Crippen molar-refractivity contribution in [2.24, 2.45) is 5.92 Å². The van der Waals surface area contributed by atoms with Crippen LogP contribution in [0.1, 0.15) is 24.3 Å². The van der Waals surface area contributed by atoms with Crippen molar-refractivity contribution in [2.45, 2.75) is 27.3 Å². The van der Waals surface area contributed by atoms with E-state index >= 15 is 0 Å². The molecule has 1 aliphatic rings. The number of amides is 5. The molecule has 2 heterocycles. The molecular formula is C16H21N3O4S. The second-order valence-corrected chi connectivity index (χ2v) is 7.26. The minimum Gasteiger partial charge on any atom is -0.339 e. The second-order valence-electron chi connectivity index (χ2n) is 6.26. The Bertz CT molecular complexity index is 683. The van der Waals surface area contributed by atoms with Crippen LogP contribution in [0.4, 0.5) is 4.79 Å². The molecule has 1 saturated heterocycles. The summed E-state index contributed by atoms with van der Waals surface area (Å²) in [5, 5.41) is 1.94. The zero-order valence-corrected chi connectivity index (χ0v) is 15.1. The van der Waals surface area contributed by atoms with Gasteiger partial charge in [-0.25, -0.2) is 9.69 Å². The van der Waals surface area contributed by atoms with Gasteiger partial charge < -0.3 is 4.90 Å². The molecule has 0 radical (unpaired) electrons. The summed E-state index contributed by atoms with van der Waals surface area (Å²) < 4.78 is 0. The maximum atomic E-state index is 12.3. The molecule has 0 aromatic carbocycles. The Labute approximate surface area is 144 Å². The molecule has 24 heavy (non-hydrogen) atoms. The standard InChI is InChI=1S/C16H21N3O4S/c1-10(2)7-18-14(21)15(22)19(16(18)23)9-13(20)17(4)8-12-11(3)5-6-24-12/h5-6,10H,7-9H2,1-4H3. The summed E-state index contributed by atoms with van der Waals surface area (Å²) in [6, 6.07) is 1.25. The molecule has 8 heteroatoms. The summed E-state index contributed by atoms with van der Waals surface area (Å²) in [6.07, 6.45) is 0. The number of likely N-dealkylation sites (N-methyl/N-ethyl adjacent to an activating group) is 1. The number of carbonyl (C=O) groups excluding carboxylic acids is 4. The van der Waals surface area contributed by atoms with Crippen LogP contribution in [-0.2, 0) is 20.9 Å². The number of nitrogens with zero attached hydrogens (tertiary/aromatic N) is 3. The van der Waals surface area contributed by atoms with E-state index < -0.39 is 24.4 Å². The van der Waals surface area contributed by atoms with Crippen LogP contribution < -0.4 is 0 Å².